The van der Waals surface area contributed by atoms with Crippen LogP contribution in [0.15, 0.2) is 77.7 Å². The van der Waals surface area contributed by atoms with E-state index in [1.165, 1.54) is 18.2 Å². The maximum Gasteiger partial charge on any atom is 0.243 e. The normalized spacial score (nSPS) is 14.6. The second-order valence-corrected chi connectivity index (χ2v) is 11.9. The Kier molecular flexibility index (Phi) is 10.8. The molecule has 0 aromatic heterocycles. The number of nitrogens with one attached hydrogen (secondary N) is 1. The lowest BCUT2D eigenvalue weighted by Crippen LogP contribution is -2.53. The summed E-state index contributed by atoms with van der Waals surface area (Å²) < 4.78 is 0. The Morgan fingerprint density at radius 1 is 0.895 bits per heavy atom. The molecule has 0 saturated heterocycles. The van der Waals surface area contributed by atoms with Gasteiger partial charge in [-0.15, -0.1) is 11.8 Å². The Morgan fingerprint density at radius 2 is 1.58 bits per heavy atom. The summed E-state index contributed by atoms with van der Waals surface area (Å²) in [6.07, 6.45) is 5.74. The first kappa shape index (κ1) is 28.8. The number of thioether (sulfide) groups is 1. The SMILES string of the molecule is O=C(NC1CCCCC1)[C@@H](Cc1ccccc1)N(Cc1ccc(Cl)cc1Cl)C(=O)CSc1ccc(Cl)cc1. The highest BCUT2D eigenvalue weighted by atomic mass is 35.5. The molecular weight excluding hydrogens is 559 g/mol. The van der Waals surface area contributed by atoms with Crippen molar-refractivity contribution >= 4 is 58.4 Å². The van der Waals surface area contributed by atoms with Crippen LogP contribution in [0.2, 0.25) is 15.1 Å². The van der Waals surface area contributed by atoms with Crippen LogP contribution in [-0.2, 0) is 22.6 Å². The van der Waals surface area contributed by atoms with Crippen LogP contribution in [0.3, 0.4) is 0 Å². The van der Waals surface area contributed by atoms with Crippen molar-refractivity contribution in [1.29, 1.82) is 0 Å². The lowest BCUT2D eigenvalue weighted by Gasteiger charge is -2.33. The summed E-state index contributed by atoms with van der Waals surface area (Å²) >= 11 is 20.1. The number of carbonyl (C=O) groups is 2. The van der Waals surface area contributed by atoms with E-state index < -0.39 is 6.04 Å². The van der Waals surface area contributed by atoms with E-state index in [1.54, 1.807) is 29.2 Å². The van der Waals surface area contributed by atoms with Gasteiger partial charge in [0.25, 0.3) is 0 Å². The number of halogens is 3. The maximum absolute atomic E-state index is 13.8. The second kappa shape index (κ2) is 14.3. The lowest BCUT2D eigenvalue weighted by molar-refractivity contribution is -0.139. The molecular formula is C30H31Cl3N2O2S. The number of amides is 2. The number of nitrogens with zero attached hydrogens (tertiary/aromatic N) is 1. The van der Waals surface area contributed by atoms with Gasteiger partial charge in [0.1, 0.15) is 6.04 Å². The molecule has 0 unspecified atom stereocenters. The molecule has 1 aliphatic carbocycles. The number of benzene rings is 3. The molecule has 0 bridgehead atoms. The summed E-state index contributed by atoms with van der Waals surface area (Å²) in [6, 6.07) is 21.9. The molecule has 1 fully saturated rings. The molecule has 1 N–H and O–H groups in total. The molecule has 0 aliphatic heterocycles. The monoisotopic (exact) mass is 588 g/mol. The topological polar surface area (TPSA) is 49.4 Å². The molecule has 3 aromatic carbocycles. The van der Waals surface area contributed by atoms with E-state index in [2.05, 4.69) is 5.32 Å². The van der Waals surface area contributed by atoms with Crippen molar-refractivity contribution in [1.82, 2.24) is 10.2 Å². The first-order valence-electron chi connectivity index (χ1n) is 12.8. The van der Waals surface area contributed by atoms with Gasteiger partial charge < -0.3 is 10.2 Å². The standard InChI is InChI=1S/C30H31Cl3N2O2S/c31-23-13-15-26(16-14-23)38-20-29(36)35(19-22-11-12-24(32)18-27(22)33)28(17-21-7-3-1-4-8-21)30(37)34-25-9-5-2-6-10-25/h1,3-4,7-8,11-16,18,25,28H,2,5-6,9-10,17,19-20H2,(H,34,37)/t28-/m1/s1. The molecule has 4 nitrogen and oxygen atoms in total. The minimum Gasteiger partial charge on any atom is -0.352 e. The Morgan fingerprint density at radius 3 is 2.26 bits per heavy atom. The molecule has 1 aliphatic rings. The Balaban J connectivity index is 1.62. The average Bonchev–Trinajstić information content (AvgIpc) is 2.92. The van der Waals surface area contributed by atoms with E-state index in [9.17, 15) is 9.59 Å². The number of carbonyl (C=O) groups excluding carboxylic acids is 2. The van der Waals surface area contributed by atoms with Crippen LogP contribution in [0.5, 0.6) is 0 Å². The molecule has 200 valence electrons. The molecule has 1 saturated carbocycles. The van der Waals surface area contributed by atoms with E-state index in [-0.39, 0.29) is 30.2 Å². The number of rotatable bonds is 10. The first-order chi connectivity index (χ1) is 18.4. The zero-order valence-electron chi connectivity index (χ0n) is 21.0. The smallest absolute Gasteiger partial charge is 0.243 e. The molecule has 0 spiro atoms. The van der Waals surface area contributed by atoms with E-state index in [4.69, 9.17) is 34.8 Å². The second-order valence-electron chi connectivity index (χ2n) is 9.55. The van der Waals surface area contributed by atoms with Crippen LogP contribution in [0.25, 0.3) is 0 Å². The van der Waals surface area contributed by atoms with E-state index in [1.807, 2.05) is 48.5 Å². The Labute approximate surface area is 244 Å². The highest BCUT2D eigenvalue weighted by Crippen LogP contribution is 2.27. The molecule has 4 rings (SSSR count). The predicted octanol–water partition coefficient (Wildman–Crippen LogP) is 7.83. The Hall–Kier alpha value is -2.18. The summed E-state index contributed by atoms with van der Waals surface area (Å²) in [4.78, 5) is 30.2. The van der Waals surface area contributed by atoms with E-state index in [0.29, 0.717) is 21.5 Å². The lowest BCUT2D eigenvalue weighted by atomic mass is 9.94. The Bertz CT molecular complexity index is 1220. The molecule has 8 heteroatoms. The third kappa shape index (κ3) is 8.41. The molecule has 0 radical (unpaired) electrons. The summed E-state index contributed by atoms with van der Waals surface area (Å²) in [7, 11) is 0. The quantitative estimate of drug-likeness (QED) is 0.245. The van der Waals surface area contributed by atoms with Crippen LogP contribution in [-0.4, -0.2) is 34.6 Å². The fourth-order valence-corrected chi connectivity index (χ4v) is 6.07. The zero-order valence-corrected chi connectivity index (χ0v) is 24.1. The third-order valence-electron chi connectivity index (χ3n) is 6.75. The minimum absolute atomic E-state index is 0.129. The van der Waals surface area contributed by atoms with Crippen molar-refractivity contribution < 1.29 is 9.59 Å². The van der Waals surface area contributed by atoms with Gasteiger partial charge >= 0.3 is 0 Å². The van der Waals surface area contributed by atoms with Crippen molar-refractivity contribution in [3.8, 4) is 0 Å². The van der Waals surface area contributed by atoms with E-state index >= 15 is 0 Å². The molecule has 0 heterocycles. The summed E-state index contributed by atoms with van der Waals surface area (Å²) in [5.74, 6) is -0.0964. The van der Waals surface area contributed by atoms with Gasteiger partial charge in [-0.05, 0) is 60.4 Å². The largest absolute Gasteiger partial charge is 0.352 e. The first-order valence-corrected chi connectivity index (χ1v) is 15.0. The fourth-order valence-electron chi connectivity index (χ4n) is 4.69. The van der Waals surface area contributed by atoms with Crippen LogP contribution >= 0.6 is 46.6 Å². The summed E-state index contributed by atoms with van der Waals surface area (Å²) in [6.45, 7) is 0.200. The fraction of sp³-hybridized carbons (Fsp3) is 0.333. The van der Waals surface area contributed by atoms with Gasteiger partial charge in [0.2, 0.25) is 11.8 Å². The van der Waals surface area contributed by atoms with Gasteiger partial charge in [0, 0.05) is 39.0 Å². The van der Waals surface area contributed by atoms with Gasteiger partial charge in [0.05, 0.1) is 5.75 Å². The van der Waals surface area contributed by atoms with Gasteiger partial charge in [0.15, 0.2) is 0 Å². The highest BCUT2D eigenvalue weighted by molar-refractivity contribution is 8.00. The third-order valence-corrected chi connectivity index (χ3v) is 8.59. The summed E-state index contributed by atoms with van der Waals surface area (Å²) in [5, 5.41) is 4.88. The molecule has 38 heavy (non-hydrogen) atoms. The van der Waals surface area contributed by atoms with Gasteiger partial charge in [-0.25, -0.2) is 0 Å². The average molecular weight is 590 g/mol. The van der Waals surface area contributed by atoms with Crippen LogP contribution in [0.1, 0.15) is 43.2 Å². The van der Waals surface area contributed by atoms with Gasteiger partial charge in [-0.3, -0.25) is 9.59 Å². The van der Waals surface area contributed by atoms with Crippen molar-refractivity contribution in [2.45, 2.75) is 62.0 Å². The number of hydrogen-bond donors (Lipinski definition) is 1. The van der Waals surface area contributed by atoms with Crippen molar-refractivity contribution in [3.63, 3.8) is 0 Å². The van der Waals surface area contributed by atoms with E-state index in [0.717, 1.165) is 41.7 Å². The van der Waals surface area contributed by atoms with Crippen molar-refractivity contribution in [2.75, 3.05) is 5.75 Å². The highest BCUT2D eigenvalue weighted by Gasteiger charge is 2.32. The van der Waals surface area contributed by atoms with Crippen LogP contribution in [0.4, 0.5) is 0 Å². The predicted molar refractivity (Wildman–Crippen MR) is 158 cm³/mol. The maximum atomic E-state index is 13.8. The van der Waals surface area contributed by atoms with Gasteiger partial charge in [-0.2, -0.15) is 0 Å². The molecule has 3 aromatic rings. The molecule has 1 atom stereocenters. The summed E-state index contributed by atoms with van der Waals surface area (Å²) in [5.41, 5.74) is 1.73. The van der Waals surface area contributed by atoms with Crippen LogP contribution in [0, 0.1) is 0 Å². The minimum atomic E-state index is -0.690. The van der Waals surface area contributed by atoms with Crippen LogP contribution < -0.4 is 5.32 Å². The molecule has 2 amide bonds. The zero-order chi connectivity index (χ0) is 26.9. The van der Waals surface area contributed by atoms with Crippen molar-refractivity contribution in [2.24, 2.45) is 0 Å². The van der Waals surface area contributed by atoms with Gasteiger partial charge in [-0.1, -0.05) is 90.5 Å². The number of hydrogen-bond acceptors (Lipinski definition) is 3. The van der Waals surface area contributed by atoms with Crippen molar-refractivity contribution in [3.05, 3.63) is 99.0 Å².